The van der Waals surface area contributed by atoms with Crippen LogP contribution in [0.1, 0.15) is 137 Å². The minimum absolute atomic E-state index is 0.146. The van der Waals surface area contributed by atoms with Crippen molar-refractivity contribution in [2.75, 3.05) is 13.2 Å². The van der Waals surface area contributed by atoms with Gasteiger partial charge in [0.1, 0.15) is 17.2 Å². The van der Waals surface area contributed by atoms with Crippen molar-refractivity contribution in [3.05, 3.63) is 94.1 Å². The third-order valence-corrected chi connectivity index (χ3v) is 8.17. The molecule has 0 aliphatic carbocycles. The van der Waals surface area contributed by atoms with Gasteiger partial charge < -0.3 is 18.9 Å². The Morgan fingerprint density at radius 1 is 0.438 bits per heavy atom. The zero-order valence-electron chi connectivity index (χ0n) is 29.0. The number of carbonyl (C=O) groups excluding carboxylic acids is 2. The molecule has 0 aliphatic heterocycles. The molecule has 0 saturated heterocycles. The second kappa shape index (κ2) is 23.2. The summed E-state index contributed by atoms with van der Waals surface area (Å²) in [5.74, 6) is 0.104. The molecular weight excluding hydrogens is 604 g/mol. The van der Waals surface area contributed by atoms with Gasteiger partial charge in [-0.2, -0.15) is 0 Å². The van der Waals surface area contributed by atoms with E-state index in [1.54, 1.807) is 48.5 Å². The minimum Gasteiger partial charge on any atom is -0.494 e. The predicted molar refractivity (Wildman–Crippen MR) is 192 cm³/mol. The smallest absolute Gasteiger partial charge is 0.343 e. The van der Waals surface area contributed by atoms with E-state index in [2.05, 4.69) is 13.8 Å². The number of rotatable bonds is 24. The summed E-state index contributed by atoms with van der Waals surface area (Å²) in [6.07, 6.45) is 19.7. The van der Waals surface area contributed by atoms with Gasteiger partial charge in [-0.1, -0.05) is 104 Å². The van der Waals surface area contributed by atoms with Gasteiger partial charge in [0, 0.05) is 0 Å². The third-order valence-electron chi connectivity index (χ3n) is 8.17. The minimum atomic E-state index is -0.670. The lowest BCUT2D eigenvalue weighted by atomic mass is 10.1. The van der Waals surface area contributed by atoms with E-state index in [-0.39, 0.29) is 17.1 Å². The number of ether oxygens (including phenoxy) is 4. The molecule has 0 radical (unpaired) electrons. The number of hydrogen-bond donors (Lipinski definition) is 0. The highest BCUT2D eigenvalue weighted by Crippen LogP contribution is 2.19. The molecule has 260 valence electrons. The van der Waals surface area contributed by atoms with Crippen molar-refractivity contribution in [2.45, 2.75) is 117 Å². The molecule has 7 nitrogen and oxygen atoms in total. The van der Waals surface area contributed by atoms with Gasteiger partial charge in [-0.3, -0.25) is 4.79 Å². The number of carbonyl (C=O) groups is 2. The lowest BCUT2D eigenvalue weighted by molar-refractivity contribution is 0.0722. The summed E-state index contributed by atoms with van der Waals surface area (Å²) in [6, 6.07) is 18.8. The van der Waals surface area contributed by atoms with E-state index in [4.69, 9.17) is 18.9 Å². The highest BCUT2D eigenvalue weighted by atomic mass is 16.5. The Labute approximate surface area is 287 Å². The van der Waals surface area contributed by atoms with Gasteiger partial charge in [0.2, 0.25) is 5.43 Å². The van der Waals surface area contributed by atoms with E-state index in [9.17, 15) is 14.4 Å². The second-order valence-corrected chi connectivity index (χ2v) is 12.3. The summed E-state index contributed by atoms with van der Waals surface area (Å²) < 4.78 is 22.5. The number of esters is 2. The molecule has 3 aromatic rings. The zero-order chi connectivity index (χ0) is 34.2. The molecule has 0 heterocycles. The van der Waals surface area contributed by atoms with Crippen LogP contribution < -0.4 is 24.4 Å². The van der Waals surface area contributed by atoms with Crippen molar-refractivity contribution in [1.29, 1.82) is 0 Å². The van der Waals surface area contributed by atoms with Gasteiger partial charge in [0.15, 0.2) is 5.75 Å². The zero-order valence-corrected chi connectivity index (χ0v) is 29.0. The summed E-state index contributed by atoms with van der Waals surface area (Å²) in [4.78, 5) is 38.1. The molecule has 0 unspecified atom stereocenters. The van der Waals surface area contributed by atoms with Crippen LogP contribution in [0.3, 0.4) is 0 Å². The monoisotopic (exact) mass is 658 g/mol. The Balaban J connectivity index is 1.40. The molecule has 0 bridgehead atoms. The average molecular weight is 659 g/mol. The van der Waals surface area contributed by atoms with Crippen molar-refractivity contribution in [3.8, 4) is 23.0 Å². The van der Waals surface area contributed by atoms with Crippen molar-refractivity contribution in [2.24, 2.45) is 0 Å². The quantitative estimate of drug-likeness (QED) is 0.0699. The highest BCUT2D eigenvalue weighted by molar-refractivity contribution is 5.92. The number of hydrogen-bond acceptors (Lipinski definition) is 7. The summed E-state index contributed by atoms with van der Waals surface area (Å²) in [7, 11) is 0. The Hall–Kier alpha value is -4.13. The maximum atomic E-state index is 12.7. The van der Waals surface area contributed by atoms with Gasteiger partial charge in [-0.25, -0.2) is 9.59 Å². The fourth-order valence-electron chi connectivity index (χ4n) is 5.24. The van der Waals surface area contributed by atoms with Crippen LogP contribution in [0, 0.1) is 0 Å². The van der Waals surface area contributed by atoms with Crippen molar-refractivity contribution < 1.29 is 28.5 Å². The van der Waals surface area contributed by atoms with Crippen LogP contribution in [-0.4, -0.2) is 25.2 Å². The average Bonchev–Trinajstić information content (AvgIpc) is 3.27. The molecule has 7 heteroatoms. The van der Waals surface area contributed by atoms with E-state index in [0.29, 0.717) is 30.3 Å². The Morgan fingerprint density at radius 2 is 0.812 bits per heavy atom. The predicted octanol–water partition coefficient (Wildman–Crippen LogP) is 10.5. The molecule has 0 aliphatic rings. The van der Waals surface area contributed by atoms with Crippen molar-refractivity contribution >= 4 is 11.9 Å². The third kappa shape index (κ3) is 15.2. The van der Waals surface area contributed by atoms with Gasteiger partial charge in [-0.05, 0) is 85.6 Å². The van der Waals surface area contributed by atoms with E-state index < -0.39 is 17.4 Å². The normalized spacial score (nSPS) is 10.8. The molecule has 0 atom stereocenters. The van der Waals surface area contributed by atoms with Crippen LogP contribution in [-0.2, 0) is 0 Å². The molecular formula is C41H54O7. The fourth-order valence-corrected chi connectivity index (χ4v) is 5.24. The molecule has 0 spiro atoms. The lowest BCUT2D eigenvalue weighted by Gasteiger charge is -2.07. The molecule has 0 aromatic heterocycles. The molecule has 0 N–H and O–H groups in total. The lowest BCUT2D eigenvalue weighted by Crippen LogP contribution is -2.13. The number of unbranched alkanes of at least 4 members (excludes halogenated alkanes) is 14. The summed E-state index contributed by atoms with van der Waals surface area (Å²) in [6.45, 7) is 5.73. The molecule has 0 fully saturated rings. The molecule has 3 rings (SSSR count). The Bertz CT molecular complexity index is 1400. The first-order valence-corrected chi connectivity index (χ1v) is 18.0. The standard InChI is InChI=1S/C41H54O7/c1-3-5-7-9-11-13-15-17-31-45-35-23-19-33(20-24-35)40(43)47-37-27-29-38(42)39(30-28-37)48-41(44)34-21-25-36(26-22-34)46-32-18-16-14-12-10-8-6-4-2/h19-30H,3-18,31-32H2,1-2H3. The van der Waals surface area contributed by atoms with E-state index in [1.165, 1.54) is 101 Å². The number of benzene rings is 2. The summed E-state index contributed by atoms with van der Waals surface area (Å²) in [5.41, 5.74) is 0.117. The highest BCUT2D eigenvalue weighted by Gasteiger charge is 2.13. The molecule has 0 saturated carbocycles. The largest absolute Gasteiger partial charge is 0.494 e. The SMILES string of the molecule is CCCCCCCCCCOc1ccc(C(=O)Oc2ccc(OC(=O)c3ccc(OCCCCCCCCCC)cc3)c(=O)cc2)cc1. The first kappa shape index (κ1) is 38.3. The van der Waals surface area contributed by atoms with Crippen LogP contribution >= 0.6 is 0 Å². The van der Waals surface area contributed by atoms with Gasteiger partial charge in [0.25, 0.3) is 0 Å². The Kier molecular flexibility index (Phi) is 18.6. The maximum absolute atomic E-state index is 12.7. The fraction of sp³-hybridized carbons (Fsp3) is 0.488. The van der Waals surface area contributed by atoms with E-state index in [1.807, 2.05) is 0 Å². The maximum Gasteiger partial charge on any atom is 0.343 e. The van der Waals surface area contributed by atoms with Crippen molar-refractivity contribution in [3.63, 3.8) is 0 Å². The van der Waals surface area contributed by atoms with Crippen LogP contribution in [0.2, 0.25) is 0 Å². The van der Waals surface area contributed by atoms with Gasteiger partial charge in [0.05, 0.1) is 24.3 Å². The van der Waals surface area contributed by atoms with Crippen LogP contribution in [0.15, 0.2) is 77.6 Å². The molecule has 0 amide bonds. The van der Waals surface area contributed by atoms with Crippen molar-refractivity contribution in [1.82, 2.24) is 0 Å². The van der Waals surface area contributed by atoms with Crippen LogP contribution in [0.5, 0.6) is 23.0 Å². The Morgan fingerprint density at radius 3 is 1.27 bits per heavy atom. The van der Waals surface area contributed by atoms with Gasteiger partial charge in [-0.15, -0.1) is 0 Å². The van der Waals surface area contributed by atoms with Crippen LogP contribution in [0.25, 0.3) is 0 Å². The van der Waals surface area contributed by atoms with Gasteiger partial charge >= 0.3 is 11.9 Å². The second-order valence-electron chi connectivity index (χ2n) is 12.3. The first-order valence-electron chi connectivity index (χ1n) is 18.0. The topological polar surface area (TPSA) is 88.1 Å². The van der Waals surface area contributed by atoms with E-state index >= 15 is 0 Å². The summed E-state index contributed by atoms with van der Waals surface area (Å²) in [5, 5.41) is 0. The van der Waals surface area contributed by atoms with E-state index in [0.717, 1.165) is 25.7 Å². The summed E-state index contributed by atoms with van der Waals surface area (Å²) >= 11 is 0. The van der Waals surface area contributed by atoms with Crippen LogP contribution in [0.4, 0.5) is 0 Å². The molecule has 3 aromatic carbocycles. The molecule has 48 heavy (non-hydrogen) atoms. The first-order chi connectivity index (χ1) is 23.5.